The first-order valence-corrected chi connectivity index (χ1v) is 15.1. The van der Waals surface area contributed by atoms with Crippen molar-refractivity contribution in [1.82, 2.24) is 10.6 Å². The van der Waals surface area contributed by atoms with Crippen LogP contribution in [0.3, 0.4) is 0 Å². The SMILES string of the molecule is CNC(=O)C[C@H](CS(=O)(=O)CCC(C)C)C(=O)OC(CNCc1cccc(OC)c1)C(N)Cc1ccccc1. The number of nitrogens with two attached hydrogens (primary N) is 1. The lowest BCUT2D eigenvalue weighted by molar-refractivity contribution is -0.155. The van der Waals surface area contributed by atoms with Gasteiger partial charge in [0.15, 0.2) is 9.84 Å². The molecule has 10 heteroatoms. The summed E-state index contributed by atoms with van der Waals surface area (Å²) >= 11 is 0. The van der Waals surface area contributed by atoms with E-state index in [2.05, 4.69) is 10.6 Å². The number of hydrogen-bond acceptors (Lipinski definition) is 8. The van der Waals surface area contributed by atoms with Gasteiger partial charge in [-0.25, -0.2) is 8.42 Å². The van der Waals surface area contributed by atoms with Crippen molar-refractivity contribution in [2.75, 3.05) is 32.2 Å². The molecule has 0 saturated carbocycles. The van der Waals surface area contributed by atoms with Crippen LogP contribution in [-0.2, 0) is 37.1 Å². The summed E-state index contributed by atoms with van der Waals surface area (Å²) in [5.74, 6) is -1.90. The number of methoxy groups -OCH3 is 1. The molecule has 0 aliphatic heterocycles. The summed E-state index contributed by atoms with van der Waals surface area (Å²) in [6.45, 7) is 4.59. The second-order valence-corrected chi connectivity index (χ2v) is 12.4. The standard InChI is InChI=1S/C29H43N3O6S/c1-21(2)13-14-39(35,36)20-24(17-28(33)31-3)29(34)38-27(26(30)16-22-9-6-5-7-10-22)19-32-18-23-11-8-12-25(15-23)37-4/h5-12,15,21,24,26-27,32H,13-14,16-20,30H2,1-4H3,(H,31,33)/t24-,26?,27?/m1/s1. The zero-order valence-electron chi connectivity index (χ0n) is 23.4. The number of rotatable bonds is 17. The van der Waals surface area contributed by atoms with Gasteiger partial charge < -0.3 is 25.8 Å². The third-order valence-electron chi connectivity index (χ3n) is 6.37. The highest BCUT2D eigenvalue weighted by atomic mass is 32.2. The number of hydrogen-bond donors (Lipinski definition) is 3. The van der Waals surface area contributed by atoms with Crippen LogP contribution in [0.5, 0.6) is 5.75 Å². The Bertz CT molecular complexity index is 1140. The molecule has 0 fully saturated rings. The molecule has 3 atom stereocenters. The third kappa shape index (κ3) is 12.2. The van der Waals surface area contributed by atoms with Crippen LogP contribution in [0.4, 0.5) is 0 Å². The normalized spacial score (nSPS) is 13.9. The van der Waals surface area contributed by atoms with Crippen molar-refractivity contribution in [3.63, 3.8) is 0 Å². The van der Waals surface area contributed by atoms with E-state index in [0.717, 1.165) is 16.9 Å². The fourth-order valence-electron chi connectivity index (χ4n) is 4.03. The second-order valence-electron chi connectivity index (χ2n) is 10.2. The van der Waals surface area contributed by atoms with Gasteiger partial charge >= 0.3 is 5.97 Å². The van der Waals surface area contributed by atoms with Crippen molar-refractivity contribution in [1.29, 1.82) is 0 Å². The van der Waals surface area contributed by atoms with E-state index in [1.807, 2.05) is 68.4 Å². The van der Waals surface area contributed by atoms with Gasteiger partial charge in [0.25, 0.3) is 0 Å². The molecule has 216 valence electrons. The summed E-state index contributed by atoms with van der Waals surface area (Å²) < 4.78 is 36.7. The predicted molar refractivity (Wildman–Crippen MR) is 153 cm³/mol. The van der Waals surface area contributed by atoms with Crippen LogP contribution in [-0.4, -0.2) is 64.6 Å². The minimum absolute atomic E-state index is 0.0543. The fourth-order valence-corrected chi connectivity index (χ4v) is 5.89. The maximum absolute atomic E-state index is 13.3. The highest BCUT2D eigenvalue weighted by Crippen LogP contribution is 2.17. The molecular weight excluding hydrogens is 518 g/mol. The van der Waals surface area contributed by atoms with Gasteiger partial charge in [-0.2, -0.15) is 0 Å². The molecule has 0 spiro atoms. The van der Waals surface area contributed by atoms with Gasteiger partial charge in [0.1, 0.15) is 11.9 Å². The van der Waals surface area contributed by atoms with Crippen LogP contribution in [0.2, 0.25) is 0 Å². The Morgan fingerprint density at radius 2 is 1.72 bits per heavy atom. The first-order valence-electron chi connectivity index (χ1n) is 13.3. The number of esters is 1. The summed E-state index contributed by atoms with van der Waals surface area (Å²) in [6.07, 6.45) is -0.113. The van der Waals surface area contributed by atoms with Crippen LogP contribution in [0, 0.1) is 11.8 Å². The van der Waals surface area contributed by atoms with Gasteiger partial charge in [0, 0.05) is 32.6 Å². The Morgan fingerprint density at radius 1 is 1.03 bits per heavy atom. The molecule has 2 aromatic carbocycles. The van der Waals surface area contributed by atoms with Crippen LogP contribution >= 0.6 is 0 Å². The molecule has 0 radical (unpaired) electrons. The molecule has 0 aromatic heterocycles. The molecule has 1 amide bonds. The van der Waals surface area contributed by atoms with Crippen LogP contribution in [0.25, 0.3) is 0 Å². The monoisotopic (exact) mass is 561 g/mol. The summed E-state index contributed by atoms with van der Waals surface area (Å²) in [5.41, 5.74) is 8.48. The van der Waals surface area contributed by atoms with Gasteiger partial charge in [-0.3, -0.25) is 9.59 Å². The average molecular weight is 562 g/mol. The number of ether oxygens (including phenoxy) is 2. The van der Waals surface area contributed by atoms with Gasteiger partial charge in [-0.05, 0) is 42.0 Å². The maximum Gasteiger partial charge on any atom is 0.310 e. The van der Waals surface area contributed by atoms with E-state index in [1.165, 1.54) is 7.05 Å². The zero-order valence-corrected chi connectivity index (χ0v) is 24.2. The molecule has 2 unspecified atom stereocenters. The molecule has 39 heavy (non-hydrogen) atoms. The molecule has 0 aliphatic rings. The van der Waals surface area contributed by atoms with Crippen molar-refractivity contribution in [2.45, 2.75) is 51.8 Å². The van der Waals surface area contributed by atoms with Gasteiger partial charge in [-0.1, -0.05) is 56.3 Å². The lowest BCUT2D eigenvalue weighted by Crippen LogP contribution is -2.47. The average Bonchev–Trinajstić information content (AvgIpc) is 2.91. The second kappa shape index (κ2) is 16.2. The first kappa shape index (κ1) is 32.3. The number of benzene rings is 2. The Kier molecular flexibility index (Phi) is 13.4. The molecule has 2 rings (SSSR count). The van der Waals surface area contributed by atoms with E-state index in [1.54, 1.807) is 7.11 Å². The van der Waals surface area contributed by atoms with E-state index in [-0.39, 0.29) is 24.6 Å². The quantitative estimate of drug-likeness (QED) is 0.251. The largest absolute Gasteiger partial charge is 0.497 e. The van der Waals surface area contributed by atoms with E-state index in [4.69, 9.17) is 15.2 Å². The maximum atomic E-state index is 13.3. The van der Waals surface area contributed by atoms with Crippen molar-refractivity contribution in [2.24, 2.45) is 17.6 Å². The lowest BCUT2D eigenvalue weighted by Gasteiger charge is -2.27. The first-order chi connectivity index (χ1) is 18.5. The Labute approximate surface area is 232 Å². The molecule has 2 aromatic rings. The topological polar surface area (TPSA) is 137 Å². The van der Waals surface area contributed by atoms with E-state index >= 15 is 0 Å². The molecule has 9 nitrogen and oxygen atoms in total. The molecule has 0 bridgehead atoms. The molecular formula is C29H43N3O6S. The van der Waals surface area contributed by atoms with Crippen molar-refractivity contribution < 1.29 is 27.5 Å². The minimum Gasteiger partial charge on any atom is -0.497 e. The lowest BCUT2D eigenvalue weighted by atomic mass is 10.0. The zero-order chi connectivity index (χ0) is 28.8. The van der Waals surface area contributed by atoms with E-state index < -0.39 is 45.5 Å². The van der Waals surface area contributed by atoms with Gasteiger partial charge in [0.2, 0.25) is 5.91 Å². The number of nitrogens with one attached hydrogen (secondary N) is 2. The highest BCUT2D eigenvalue weighted by Gasteiger charge is 2.32. The Balaban J connectivity index is 2.18. The van der Waals surface area contributed by atoms with Gasteiger partial charge in [-0.15, -0.1) is 0 Å². The number of sulfone groups is 1. The third-order valence-corrected chi connectivity index (χ3v) is 8.14. The summed E-state index contributed by atoms with van der Waals surface area (Å²) in [5, 5.41) is 5.75. The number of amides is 1. The van der Waals surface area contributed by atoms with E-state index in [0.29, 0.717) is 19.4 Å². The fraction of sp³-hybridized carbons (Fsp3) is 0.517. The van der Waals surface area contributed by atoms with Crippen LogP contribution < -0.4 is 21.1 Å². The van der Waals surface area contributed by atoms with Crippen LogP contribution in [0.15, 0.2) is 54.6 Å². The molecule has 0 saturated heterocycles. The molecule has 0 heterocycles. The van der Waals surface area contributed by atoms with Crippen molar-refractivity contribution >= 4 is 21.7 Å². The van der Waals surface area contributed by atoms with Crippen LogP contribution in [0.1, 0.15) is 37.8 Å². The minimum atomic E-state index is -3.58. The highest BCUT2D eigenvalue weighted by molar-refractivity contribution is 7.91. The number of carbonyl (C=O) groups is 2. The summed E-state index contributed by atoms with van der Waals surface area (Å²) in [7, 11) is -0.535. The summed E-state index contributed by atoms with van der Waals surface area (Å²) in [6, 6.07) is 16.6. The van der Waals surface area contributed by atoms with Crippen molar-refractivity contribution in [3.05, 3.63) is 65.7 Å². The molecule has 0 aliphatic carbocycles. The van der Waals surface area contributed by atoms with Gasteiger partial charge in [0.05, 0.1) is 24.5 Å². The predicted octanol–water partition coefficient (Wildman–Crippen LogP) is 2.48. The number of carbonyl (C=O) groups excluding carboxylic acids is 2. The molecule has 4 N–H and O–H groups in total. The smallest absolute Gasteiger partial charge is 0.310 e. The Hall–Kier alpha value is -2.95. The van der Waals surface area contributed by atoms with Crippen molar-refractivity contribution in [3.8, 4) is 5.75 Å². The van der Waals surface area contributed by atoms with E-state index in [9.17, 15) is 18.0 Å². The summed E-state index contributed by atoms with van der Waals surface area (Å²) in [4.78, 5) is 25.5. The Morgan fingerprint density at radius 3 is 2.36 bits per heavy atom.